The van der Waals surface area contributed by atoms with E-state index in [1.807, 2.05) is 4.57 Å². The Hall–Kier alpha value is -1.87. The highest BCUT2D eigenvalue weighted by Crippen LogP contribution is 2.34. The second-order valence-electron chi connectivity index (χ2n) is 7.86. The van der Waals surface area contributed by atoms with Gasteiger partial charge < -0.3 is 5.32 Å². The molecule has 3 heterocycles. The van der Waals surface area contributed by atoms with Crippen LogP contribution >= 0.6 is 23.1 Å². The molecule has 7 nitrogen and oxygen atoms in total. The van der Waals surface area contributed by atoms with Crippen molar-refractivity contribution >= 4 is 45.3 Å². The summed E-state index contributed by atoms with van der Waals surface area (Å²) in [5.41, 5.74) is 1.34. The molecule has 1 aliphatic carbocycles. The number of unbranched alkanes of at least 4 members (excludes halogenated alkanes) is 2. The third-order valence-corrected chi connectivity index (χ3v) is 7.97. The van der Waals surface area contributed by atoms with Gasteiger partial charge in [0.25, 0.3) is 5.56 Å². The number of aromatic nitrogens is 2. The molecule has 1 saturated heterocycles. The number of carbonyl (C=O) groups excluding carboxylic acids is 2. The number of aryl methyl sites for hydroxylation is 2. The third kappa shape index (κ3) is 4.27. The number of amides is 3. The van der Waals surface area contributed by atoms with E-state index in [1.54, 1.807) is 23.1 Å². The van der Waals surface area contributed by atoms with Crippen molar-refractivity contribution in [2.75, 3.05) is 18.8 Å². The summed E-state index contributed by atoms with van der Waals surface area (Å²) in [5, 5.41) is 4.15. The van der Waals surface area contributed by atoms with Crippen molar-refractivity contribution < 1.29 is 9.59 Å². The van der Waals surface area contributed by atoms with Crippen molar-refractivity contribution in [3.8, 4) is 0 Å². The Morgan fingerprint density at radius 2 is 1.93 bits per heavy atom. The van der Waals surface area contributed by atoms with E-state index in [0.29, 0.717) is 25.3 Å². The van der Waals surface area contributed by atoms with Crippen LogP contribution in [0.5, 0.6) is 0 Å². The molecule has 0 aromatic carbocycles. The maximum Gasteiger partial charge on any atom is 0.324 e. The van der Waals surface area contributed by atoms with Gasteiger partial charge in [-0.25, -0.2) is 9.78 Å². The first-order valence-corrected chi connectivity index (χ1v) is 12.7. The SMILES string of the molecule is CCCCCn1c(SCCCN2C(=O)CNC2=O)nc2sc3c(c2c1=O)CCCC3. The number of nitrogens with one attached hydrogen (secondary N) is 1. The third-order valence-electron chi connectivity index (χ3n) is 5.72. The van der Waals surface area contributed by atoms with Crippen molar-refractivity contribution in [3.63, 3.8) is 0 Å². The Labute approximate surface area is 184 Å². The summed E-state index contributed by atoms with van der Waals surface area (Å²) >= 11 is 3.24. The number of hydrogen-bond acceptors (Lipinski definition) is 6. The highest BCUT2D eigenvalue weighted by molar-refractivity contribution is 7.99. The van der Waals surface area contributed by atoms with Gasteiger partial charge in [-0.05, 0) is 44.1 Å². The number of imide groups is 1. The van der Waals surface area contributed by atoms with Crippen LogP contribution in [-0.2, 0) is 24.2 Å². The topological polar surface area (TPSA) is 84.3 Å². The fourth-order valence-corrected chi connectivity index (χ4v) is 6.37. The van der Waals surface area contributed by atoms with Crippen molar-refractivity contribution in [1.29, 1.82) is 0 Å². The average molecular weight is 449 g/mol. The molecule has 0 bridgehead atoms. The molecular formula is C21H28N4O3S2. The first-order chi connectivity index (χ1) is 14.6. The van der Waals surface area contributed by atoms with Crippen molar-refractivity contribution in [2.24, 2.45) is 0 Å². The molecule has 2 aromatic heterocycles. The number of thioether (sulfide) groups is 1. The lowest BCUT2D eigenvalue weighted by Gasteiger charge is -2.14. The van der Waals surface area contributed by atoms with Crippen LogP contribution in [0.15, 0.2) is 9.95 Å². The zero-order valence-electron chi connectivity index (χ0n) is 17.4. The Morgan fingerprint density at radius 1 is 1.10 bits per heavy atom. The molecule has 4 rings (SSSR count). The van der Waals surface area contributed by atoms with Crippen LogP contribution in [-0.4, -0.2) is 45.2 Å². The standard InChI is InChI=1S/C21H28N4O3S2/c1-2-3-6-10-25-19(27)17-14-8-4-5-9-15(14)30-18(17)23-21(25)29-12-7-11-24-16(26)13-22-20(24)28/h2-13H2,1H3,(H,22,28). The van der Waals surface area contributed by atoms with Gasteiger partial charge in [0.1, 0.15) is 4.83 Å². The molecule has 0 unspecified atom stereocenters. The summed E-state index contributed by atoms with van der Waals surface area (Å²) in [7, 11) is 0. The molecule has 1 fully saturated rings. The largest absolute Gasteiger partial charge is 0.329 e. The van der Waals surface area contributed by atoms with Crippen LogP contribution in [0.1, 0.15) is 55.9 Å². The van der Waals surface area contributed by atoms with Crippen molar-refractivity contribution in [2.45, 2.75) is 70.0 Å². The maximum atomic E-state index is 13.4. The van der Waals surface area contributed by atoms with E-state index in [-0.39, 0.29) is 24.0 Å². The summed E-state index contributed by atoms with van der Waals surface area (Å²) in [6.45, 7) is 3.33. The van der Waals surface area contributed by atoms with Gasteiger partial charge in [0, 0.05) is 23.7 Å². The summed E-state index contributed by atoms with van der Waals surface area (Å²) in [4.78, 5) is 45.2. The van der Waals surface area contributed by atoms with Crippen LogP contribution in [0.3, 0.4) is 0 Å². The highest BCUT2D eigenvalue weighted by Gasteiger charge is 2.27. The molecule has 0 atom stereocenters. The van der Waals surface area contributed by atoms with Gasteiger partial charge in [-0.2, -0.15) is 0 Å². The molecule has 0 spiro atoms. The summed E-state index contributed by atoms with van der Waals surface area (Å²) < 4.78 is 1.86. The van der Waals surface area contributed by atoms with Gasteiger partial charge in [-0.15, -0.1) is 11.3 Å². The van der Waals surface area contributed by atoms with Gasteiger partial charge in [0.15, 0.2) is 5.16 Å². The van der Waals surface area contributed by atoms with Gasteiger partial charge in [-0.3, -0.25) is 19.1 Å². The van der Waals surface area contributed by atoms with E-state index in [1.165, 1.54) is 21.8 Å². The average Bonchev–Trinajstić information content (AvgIpc) is 3.27. The van der Waals surface area contributed by atoms with Crippen LogP contribution < -0.4 is 10.9 Å². The molecule has 30 heavy (non-hydrogen) atoms. The van der Waals surface area contributed by atoms with E-state index in [2.05, 4.69) is 12.2 Å². The van der Waals surface area contributed by atoms with Gasteiger partial charge in [0.05, 0.1) is 11.9 Å². The normalized spacial score (nSPS) is 16.4. The number of urea groups is 1. The second kappa shape index (κ2) is 9.51. The zero-order valence-corrected chi connectivity index (χ0v) is 19.0. The molecule has 2 aliphatic rings. The molecule has 162 valence electrons. The molecule has 1 N–H and O–H groups in total. The number of thiophene rings is 1. The Balaban J connectivity index is 1.54. The number of carbonyl (C=O) groups is 2. The molecule has 0 radical (unpaired) electrons. The minimum atomic E-state index is -0.315. The number of rotatable bonds is 9. The number of fused-ring (bicyclic) bond motifs is 3. The second-order valence-corrected chi connectivity index (χ2v) is 10.0. The predicted octanol–water partition coefficient (Wildman–Crippen LogP) is 3.56. The van der Waals surface area contributed by atoms with E-state index < -0.39 is 0 Å². The summed E-state index contributed by atoms with van der Waals surface area (Å²) in [6.07, 6.45) is 8.21. The van der Waals surface area contributed by atoms with Crippen LogP contribution in [0.2, 0.25) is 0 Å². The van der Waals surface area contributed by atoms with Crippen LogP contribution in [0, 0.1) is 0 Å². The molecule has 9 heteroatoms. The molecular weight excluding hydrogens is 420 g/mol. The smallest absolute Gasteiger partial charge is 0.324 e. The fraction of sp³-hybridized carbons (Fsp3) is 0.619. The quantitative estimate of drug-likeness (QED) is 0.274. The fourth-order valence-electron chi connectivity index (χ4n) is 4.11. The summed E-state index contributed by atoms with van der Waals surface area (Å²) in [6, 6.07) is -0.315. The molecule has 1 aliphatic heterocycles. The lowest BCUT2D eigenvalue weighted by atomic mass is 9.97. The van der Waals surface area contributed by atoms with Gasteiger partial charge >= 0.3 is 6.03 Å². The number of hydrogen-bond donors (Lipinski definition) is 1. The lowest BCUT2D eigenvalue weighted by Crippen LogP contribution is -2.32. The first kappa shape index (κ1) is 21.4. The highest BCUT2D eigenvalue weighted by atomic mass is 32.2. The monoisotopic (exact) mass is 448 g/mol. The van der Waals surface area contributed by atoms with Gasteiger partial charge in [-0.1, -0.05) is 31.5 Å². The minimum absolute atomic E-state index is 0.0875. The Bertz CT molecular complexity index is 998. The number of nitrogens with zero attached hydrogens (tertiary/aromatic N) is 3. The Kier molecular flexibility index (Phi) is 6.77. The summed E-state index contributed by atoms with van der Waals surface area (Å²) in [5.74, 6) is 0.527. The maximum absolute atomic E-state index is 13.4. The Morgan fingerprint density at radius 3 is 2.70 bits per heavy atom. The van der Waals surface area contributed by atoms with Crippen LogP contribution in [0.4, 0.5) is 4.79 Å². The van der Waals surface area contributed by atoms with Crippen molar-refractivity contribution in [1.82, 2.24) is 19.8 Å². The minimum Gasteiger partial charge on any atom is -0.329 e. The van der Waals surface area contributed by atoms with E-state index >= 15 is 0 Å². The molecule has 0 saturated carbocycles. The van der Waals surface area contributed by atoms with Crippen molar-refractivity contribution in [3.05, 3.63) is 20.8 Å². The van der Waals surface area contributed by atoms with E-state index in [4.69, 9.17) is 4.98 Å². The lowest BCUT2D eigenvalue weighted by molar-refractivity contribution is -0.124. The zero-order chi connectivity index (χ0) is 21.1. The van der Waals surface area contributed by atoms with Crippen LogP contribution in [0.25, 0.3) is 10.2 Å². The van der Waals surface area contributed by atoms with E-state index in [9.17, 15) is 14.4 Å². The predicted molar refractivity (Wildman–Crippen MR) is 120 cm³/mol. The first-order valence-electron chi connectivity index (χ1n) is 10.9. The molecule has 3 amide bonds. The van der Waals surface area contributed by atoms with E-state index in [0.717, 1.165) is 53.9 Å². The molecule has 2 aromatic rings. The van der Waals surface area contributed by atoms with Gasteiger partial charge in [0.2, 0.25) is 5.91 Å².